The Hall–Kier alpha value is -2.06. The van der Waals surface area contributed by atoms with Crippen LogP contribution in [0.25, 0.3) is 32.1 Å². The molecular formula is C26H36N6O8RuS2. The van der Waals surface area contributed by atoms with Crippen molar-refractivity contribution in [3.63, 3.8) is 0 Å². The van der Waals surface area contributed by atoms with E-state index in [1.165, 1.54) is 10.3 Å². The first-order chi connectivity index (χ1) is 20.0. The van der Waals surface area contributed by atoms with E-state index >= 15 is 0 Å². The van der Waals surface area contributed by atoms with Gasteiger partial charge >= 0.3 is 43.4 Å². The number of nitrogens with zero attached hydrogens (tertiary/aromatic N) is 6. The second-order valence-corrected chi connectivity index (χ2v) is 10.7. The monoisotopic (exact) mass is 726 g/mol. The summed E-state index contributed by atoms with van der Waals surface area (Å²) >= 11 is 7.40. The number of carbonyl (C=O) groups is 4. The van der Waals surface area contributed by atoms with Crippen LogP contribution in [0.1, 0.15) is 51.4 Å². The number of hydrogen-bond acceptors (Lipinski definition) is 6. The van der Waals surface area contributed by atoms with E-state index in [2.05, 4.69) is 45.7 Å². The summed E-state index contributed by atoms with van der Waals surface area (Å²) in [5.74, 6) is -4.52. The zero-order valence-electron chi connectivity index (χ0n) is 23.4. The van der Waals surface area contributed by atoms with E-state index < -0.39 is 23.9 Å². The van der Waals surface area contributed by atoms with Gasteiger partial charge in [0.15, 0.2) is 0 Å². The molecule has 0 aliphatic carbocycles. The number of hydrogen-bond donors (Lipinski definition) is 4. The van der Waals surface area contributed by atoms with Gasteiger partial charge in [-0.25, -0.2) is 0 Å². The summed E-state index contributed by atoms with van der Waals surface area (Å²) in [5, 5.41) is 70.8. The SMILES string of the molecule is O=C(O)C1CC[N-]C(C2CC(C(=O)O)CC[N-]2)C1.O=C(O)C1CC[N-]C(C2CC(C(=O)O)CC[N-]2)C1.[N-]=C=S.[N-]=C=S.[Ru+6]. The molecule has 8 atom stereocenters. The molecule has 17 heteroatoms. The molecule has 238 valence electrons. The first-order valence-electron chi connectivity index (χ1n) is 13.6. The van der Waals surface area contributed by atoms with E-state index in [1.54, 1.807) is 0 Å². The fourth-order valence-electron chi connectivity index (χ4n) is 5.53. The van der Waals surface area contributed by atoms with E-state index in [9.17, 15) is 19.2 Å². The van der Waals surface area contributed by atoms with Crippen molar-refractivity contribution in [2.75, 3.05) is 26.2 Å². The topological polar surface area (TPSA) is 250 Å². The molecule has 43 heavy (non-hydrogen) atoms. The second kappa shape index (κ2) is 22.5. The molecule has 4 saturated heterocycles. The number of aliphatic carboxylic acids is 4. The third-order valence-corrected chi connectivity index (χ3v) is 7.75. The van der Waals surface area contributed by atoms with Crippen LogP contribution in [0.5, 0.6) is 0 Å². The zero-order valence-corrected chi connectivity index (χ0v) is 26.8. The van der Waals surface area contributed by atoms with Crippen molar-refractivity contribution >= 4 is 58.6 Å². The molecule has 0 aromatic rings. The Balaban J connectivity index is 0.000000680. The van der Waals surface area contributed by atoms with Gasteiger partial charge in [-0.1, -0.05) is 75.8 Å². The molecule has 8 unspecified atom stereocenters. The minimum atomic E-state index is -0.777. The fourth-order valence-corrected chi connectivity index (χ4v) is 5.53. The van der Waals surface area contributed by atoms with E-state index in [-0.39, 0.29) is 67.3 Å². The van der Waals surface area contributed by atoms with Crippen molar-refractivity contribution in [3.05, 3.63) is 32.1 Å². The van der Waals surface area contributed by atoms with Crippen LogP contribution < -0.4 is 0 Å². The Morgan fingerprint density at radius 1 is 0.512 bits per heavy atom. The number of isothiocyanates is 2. The molecule has 0 radical (unpaired) electrons. The first-order valence-corrected chi connectivity index (χ1v) is 14.4. The average Bonchev–Trinajstić information content (AvgIpc) is 2.98. The Morgan fingerprint density at radius 3 is 0.814 bits per heavy atom. The number of thiocarbonyl (C=S) groups is 2. The Kier molecular flexibility index (Phi) is 21.4. The number of rotatable bonds is 6. The molecule has 14 nitrogen and oxygen atoms in total. The van der Waals surface area contributed by atoms with E-state index in [0.717, 1.165) is 0 Å². The Morgan fingerprint density at radius 2 is 0.674 bits per heavy atom. The predicted octanol–water partition coefficient (Wildman–Crippen LogP) is 4.24. The minimum absolute atomic E-state index is 0. The summed E-state index contributed by atoms with van der Waals surface area (Å²) in [4.78, 5) is 44.0. The van der Waals surface area contributed by atoms with Crippen LogP contribution in [0.3, 0.4) is 0 Å². The molecule has 4 rings (SSSR count). The van der Waals surface area contributed by atoms with Crippen molar-refractivity contribution in [3.8, 4) is 0 Å². The second-order valence-electron chi connectivity index (χ2n) is 10.3. The normalized spacial score (nSPS) is 31.4. The quantitative estimate of drug-likeness (QED) is 0.172. The van der Waals surface area contributed by atoms with Gasteiger partial charge in [-0.05, 0) is 0 Å². The summed E-state index contributed by atoms with van der Waals surface area (Å²) in [6.45, 7) is 2.19. The third-order valence-electron chi connectivity index (χ3n) is 7.75. The maximum absolute atomic E-state index is 11.0. The summed E-state index contributed by atoms with van der Waals surface area (Å²) < 4.78 is 0. The summed E-state index contributed by atoms with van der Waals surface area (Å²) in [5.41, 5.74) is 0. The van der Waals surface area contributed by atoms with Gasteiger partial charge in [0.05, 0.1) is 23.7 Å². The van der Waals surface area contributed by atoms with Crippen molar-refractivity contribution in [1.82, 2.24) is 0 Å². The summed E-state index contributed by atoms with van der Waals surface area (Å²) in [7, 11) is 0. The molecule has 0 amide bonds. The molecule has 0 aromatic heterocycles. The van der Waals surface area contributed by atoms with Gasteiger partial charge < -0.3 is 52.5 Å². The number of carboxylic acid groups (broad SMARTS) is 4. The molecule has 0 aromatic carbocycles. The van der Waals surface area contributed by atoms with Gasteiger partial charge in [0.1, 0.15) is 0 Å². The minimum Gasteiger partial charge on any atom is -0.753 e. The van der Waals surface area contributed by atoms with Crippen LogP contribution in [0.4, 0.5) is 0 Å². The Bertz CT molecular complexity index is 843. The van der Waals surface area contributed by atoms with Gasteiger partial charge in [0, 0.05) is 0 Å². The molecule has 4 heterocycles. The largest absolute Gasteiger partial charge is 6.00 e. The van der Waals surface area contributed by atoms with Crippen LogP contribution in [0.15, 0.2) is 0 Å². The van der Waals surface area contributed by atoms with Crippen molar-refractivity contribution < 1.29 is 59.1 Å². The molecule has 4 N–H and O–H groups in total. The fraction of sp³-hybridized carbons (Fsp3) is 0.769. The Labute approximate surface area is 274 Å². The maximum Gasteiger partial charge on any atom is 6.00 e. The van der Waals surface area contributed by atoms with Gasteiger partial charge in [-0.2, -0.15) is 34.5 Å². The van der Waals surface area contributed by atoms with Gasteiger partial charge in [-0.3, -0.25) is 19.2 Å². The molecule has 4 aliphatic heterocycles. The third kappa shape index (κ3) is 15.0. The van der Waals surface area contributed by atoms with E-state index in [0.29, 0.717) is 77.5 Å². The summed E-state index contributed by atoms with van der Waals surface area (Å²) in [6.07, 6.45) is 4.32. The van der Waals surface area contributed by atoms with Crippen LogP contribution in [0.2, 0.25) is 0 Å². The zero-order chi connectivity index (χ0) is 31.7. The predicted molar refractivity (Wildman–Crippen MR) is 161 cm³/mol. The van der Waals surface area contributed by atoms with Crippen LogP contribution in [0, 0.1) is 23.7 Å². The van der Waals surface area contributed by atoms with E-state index in [4.69, 9.17) is 31.2 Å². The maximum atomic E-state index is 11.0. The van der Waals surface area contributed by atoms with Crippen molar-refractivity contribution in [2.24, 2.45) is 23.7 Å². The standard InChI is InChI=1S/2C12H18N2O4.2CNS.Ru/c2*15-11(16)7-1-3-13-9(5-7)10-6-8(12(17)18)2-4-14-10;2*2-1-3;/h2*7-10H,1-6H2,(H,15,16)(H,17,18);;;/q2*-2;2*-1;+6. The van der Waals surface area contributed by atoms with E-state index in [1.807, 2.05) is 0 Å². The number of carboxylic acids is 4. The van der Waals surface area contributed by atoms with Crippen LogP contribution in [-0.4, -0.2) is 105 Å². The van der Waals surface area contributed by atoms with Crippen LogP contribution in [-0.2, 0) is 38.7 Å². The smallest absolute Gasteiger partial charge is 0.753 e. The van der Waals surface area contributed by atoms with Crippen molar-refractivity contribution in [1.29, 1.82) is 0 Å². The van der Waals surface area contributed by atoms with Gasteiger partial charge in [-0.15, -0.1) is 26.2 Å². The molecule has 0 bridgehead atoms. The van der Waals surface area contributed by atoms with Crippen molar-refractivity contribution in [2.45, 2.75) is 75.5 Å². The molecule has 0 saturated carbocycles. The van der Waals surface area contributed by atoms with Crippen LogP contribution >= 0.6 is 24.4 Å². The molecule has 4 aliphatic rings. The summed E-state index contributed by atoms with van der Waals surface area (Å²) in [6, 6.07) is -0.437. The van der Waals surface area contributed by atoms with Gasteiger partial charge in [0.2, 0.25) is 0 Å². The first kappa shape index (κ1) is 40.9. The number of piperidine rings is 4. The molecular weight excluding hydrogens is 690 g/mol. The average molecular weight is 726 g/mol. The van der Waals surface area contributed by atoms with Gasteiger partial charge in [0.25, 0.3) is 0 Å². The molecule has 4 fully saturated rings. The molecule has 0 spiro atoms.